The van der Waals surface area contributed by atoms with E-state index >= 15 is 0 Å². The number of hydrogen-bond donors (Lipinski definition) is 4. The molecule has 6 rings (SSSR count). The largest absolute Gasteiger partial charge is 0.481 e. The number of nitrogens with zero attached hydrogens (tertiary/aromatic N) is 4. The van der Waals surface area contributed by atoms with Gasteiger partial charge in [-0.15, -0.1) is 0 Å². The van der Waals surface area contributed by atoms with Gasteiger partial charge in [-0.25, -0.2) is 14.3 Å². The first-order chi connectivity index (χ1) is 24.5. The number of carbonyl (C=O) groups excluding carboxylic acids is 2. The molecule has 5 aromatic rings. The molecule has 51 heavy (non-hydrogen) atoms. The second-order valence-electron chi connectivity index (χ2n) is 12.3. The SMILES string of the molecule is COc1nc(-c2cccc(-c3cccc(-c4cc5c(=O)n(C)c(CNCC(C)O)nn5c4)c3Cl)c2Cl)ccc1COC(=O)NC[C@@H]1CCC(=O)N1. The van der Waals surface area contributed by atoms with Crippen LogP contribution in [0.5, 0.6) is 5.88 Å². The maximum absolute atomic E-state index is 13.2. The minimum absolute atomic E-state index is 0.0277. The molecule has 2 aromatic carbocycles. The van der Waals surface area contributed by atoms with Gasteiger partial charge >= 0.3 is 6.09 Å². The number of carbonyl (C=O) groups is 2. The Morgan fingerprint density at radius 1 is 1.08 bits per heavy atom. The fraction of sp³-hybridized carbons (Fsp3) is 0.306. The molecule has 4 N–H and O–H groups in total. The number of alkyl carbamates (subject to hydrolysis) is 1. The van der Waals surface area contributed by atoms with Gasteiger partial charge in [-0.3, -0.25) is 14.2 Å². The average molecular weight is 735 g/mol. The first-order valence-electron chi connectivity index (χ1n) is 16.3. The zero-order chi connectivity index (χ0) is 36.2. The molecule has 15 heteroatoms. The topological polar surface area (TPSA) is 161 Å². The summed E-state index contributed by atoms with van der Waals surface area (Å²) in [6, 6.07) is 16.3. The predicted octanol–water partition coefficient (Wildman–Crippen LogP) is 4.72. The van der Waals surface area contributed by atoms with Crippen LogP contribution in [-0.2, 0) is 29.7 Å². The number of methoxy groups -OCH3 is 1. The van der Waals surface area contributed by atoms with Crippen LogP contribution in [0.3, 0.4) is 0 Å². The van der Waals surface area contributed by atoms with Gasteiger partial charge in [0.15, 0.2) is 0 Å². The van der Waals surface area contributed by atoms with Crippen LogP contribution < -0.4 is 26.2 Å². The van der Waals surface area contributed by atoms with Crippen LogP contribution in [0.2, 0.25) is 10.0 Å². The van der Waals surface area contributed by atoms with Crippen molar-refractivity contribution in [2.45, 2.75) is 45.1 Å². The van der Waals surface area contributed by atoms with Crippen LogP contribution in [0.15, 0.2) is 65.6 Å². The molecule has 1 aliphatic heterocycles. The van der Waals surface area contributed by atoms with Gasteiger partial charge in [-0.2, -0.15) is 5.10 Å². The third-order valence-electron chi connectivity index (χ3n) is 8.60. The fourth-order valence-corrected chi connectivity index (χ4v) is 6.57. The Morgan fingerprint density at radius 3 is 2.47 bits per heavy atom. The number of benzene rings is 2. The standard InChI is InChI=1S/C36H37Cl2N7O6/c1-20(46)15-39-17-30-43-45-18-22(14-29(45)35(48)44(30)2)24-6-4-7-25(32(24)37)26-8-5-9-27(33(26)38)28-12-10-21(34(42-28)50-3)19-51-36(49)40-16-23-11-13-31(47)41-23/h4-10,12,14,18,20,23,39,46H,11,13,15-17,19H2,1-3H3,(H,40,49)(H,41,47)/t20?,23-/m0/s1. The van der Waals surface area contributed by atoms with Crippen molar-refractivity contribution >= 4 is 40.7 Å². The molecule has 13 nitrogen and oxygen atoms in total. The van der Waals surface area contributed by atoms with Crippen molar-refractivity contribution in [3.05, 3.63) is 92.6 Å². The van der Waals surface area contributed by atoms with Crippen LogP contribution >= 0.6 is 23.2 Å². The van der Waals surface area contributed by atoms with E-state index in [1.165, 1.54) is 11.7 Å². The molecule has 1 saturated heterocycles. The molecule has 1 aliphatic rings. The Kier molecular flexibility index (Phi) is 10.9. The lowest BCUT2D eigenvalue weighted by molar-refractivity contribution is -0.119. The van der Waals surface area contributed by atoms with Crippen molar-refractivity contribution in [3.63, 3.8) is 0 Å². The monoisotopic (exact) mass is 733 g/mol. The van der Waals surface area contributed by atoms with E-state index in [4.69, 9.17) is 32.7 Å². The summed E-state index contributed by atoms with van der Waals surface area (Å²) < 4.78 is 13.9. The summed E-state index contributed by atoms with van der Waals surface area (Å²) in [5, 5.41) is 23.6. The summed E-state index contributed by atoms with van der Waals surface area (Å²) in [7, 11) is 3.14. The van der Waals surface area contributed by atoms with Gasteiger partial charge < -0.3 is 30.5 Å². The van der Waals surface area contributed by atoms with E-state index in [0.29, 0.717) is 86.4 Å². The van der Waals surface area contributed by atoms with E-state index in [9.17, 15) is 19.5 Å². The first-order valence-corrected chi connectivity index (χ1v) is 17.1. The number of pyridine rings is 1. The summed E-state index contributed by atoms with van der Waals surface area (Å²) in [6.45, 7) is 2.56. The van der Waals surface area contributed by atoms with E-state index in [1.807, 2.05) is 36.4 Å². The molecule has 0 saturated carbocycles. The maximum atomic E-state index is 13.2. The van der Waals surface area contributed by atoms with Gasteiger partial charge in [0.1, 0.15) is 17.9 Å². The van der Waals surface area contributed by atoms with E-state index in [2.05, 4.69) is 26.0 Å². The van der Waals surface area contributed by atoms with E-state index in [0.717, 1.165) is 0 Å². The average Bonchev–Trinajstić information content (AvgIpc) is 3.74. The van der Waals surface area contributed by atoms with Gasteiger partial charge in [0.05, 0.1) is 41.1 Å². The zero-order valence-corrected chi connectivity index (χ0v) is 29.7. The molecule has 1 fully saturated rings. The quantitative estimate of drug-likeness (QED) is 0.142. The van der Waals surface area contributed by atoms with E-state index in [-0.39, 0.29) is 36.5 Å². The number of hydrogen-bond acceptors (Lipinski definition) is 9. The van der Waals surface area contributed by atoms with Gasteiger partial charge in [0.25, 0.3) is 5.56 Å². The zero-order valence-electron chi connectivity index (χ0n) is 28.2. The highest BCUT2D eigenvalue weighted by molar-refractivity contribution is 6.39. The number of amides is 2. The summed E-state index contributed by atoms with van der Waals surface area (Å²) in [6.07, 6.45) is 1.73. The van der Waals surface area contributed by atoms with Crippen molar-refractivity contribution in [1.29, 1.82) is 0 Å². The van der Waals surface area contributed by atoms with Gasteiger partial charge in [0.2, 0.25) is 11.8 Å². The molecule has 2 atom stereocenters. The fourth-order valence-electron chi connectivity index (χ4n) is 5.91. The van der Waals surface area contributed by atoms with Crippen molar-refractivity contribution in [3.8, 4) is 39.4 Å². The third-order valence-corrected chi connectivity index (χ3v) is 9.42. The number of aromatic nitrogens is 4. The first kappa shape index (κ1) is 35.9. The lowest BCUT2D eigenvalue weighted by atomic mass is 9.97. The molecular formula is C36H37Cl2N7O6. The molecule has 1 unspecified atom stereocenters. The Labute approximate surface area is 303 Å². The highest BCUT2D eigenvalue weighted by Crippen LogP contribution is 2.42. The molecule has 0 radical (unpaired) electrons. The molecule has 4 heterocycles. The third kappa shape index (κ3) is 7.86. The highest BCUT2D eigenvalue weighted by Gasteiger charge is 2.22. The van der Waals surface area contributed by atoms with Gasteiger partial charge in [0, 0.05) is 66.6 Å². The van der Waals surface area contributed by atoms with E-state index in [1.54, 1.807) is 42.9 Å². The number of ether oxygens (including phenoxy) is 2. The number of aliphatic hydroxyl groups excluding tert-OH is 1. The lowest BCUT2D eigenvalue weighted by Gasteiger charge is -2.15. The van der Waals surface area contributed by atoms with Crippen LogP contribution in [0.25, 0.3) is 39.0 Å². The number of rotatable bonds is 12. The van der Waals surface area contributed by atoms with E-state index < -0.39 is 12.2 Å². The molecule has 2 amide bonds. The smallest absolute Gasteiger partial charge is 0.407 e. The summed E-state index contributed by atoms with van der Waals surface area (Å²) in [5.41, 5.74) is 4.66. The minimum Gasteiger partial charge on any atom is -0.481 e. The Bertz CT molecular complexity index is 2170. The van der Waals surface area contributed by atoms with Crippen LogP contribution in [-0.4, -0.2) is 68.6 Å². The van der Waals surface area contributed by atoms with Gasteiger partial charge in [-0.05, 0) is 31.5 Å². The molecule has 0 bridgehead atoms. The van der Waals surface area contributed by atoms with Crippen molar-refractivity contribution < 1.29 is 24.2 Å². The van der Waals surface area contributed by atoms with Crippen molar-refractivity contribution in [1.82, 2.24) is 35.1 Å². The van der Waals surface area contributed by atoms with Crippen LogP contribution in [0, 0.1) is 0 Å². The molecule has 266 valence electrons. The van der Waals surface area contributed by atoms with Crippen LogP contribution in [0.1, 0.15) is 31.2 Å². The minimum atomic E-state index is -0.615. The van der Waals surface area contributed by atoms with Crippen LogP contribution in [0.4, 0.5) is 4.79 Å². The van der Waals surface area contributed by atoms with Gasteiger partial charge in [-0.1, -0.05) is 59.6 Å². The summed E-state index contributed by atoms with van der Waals surface area (Å²) >= 11 is 14.1. The molecule has 0 spiro atoms. The molecule has 0 aliphatic carbocycles. The number of nitrogens with one attached hydrogen (secondary N) is 3. The molecular weight excluding hydrogens is 697 g/mol. The highest BCUT2D eigenvalue weighted by atomic mass is 35.5. The maximum Gasteiger partial charge on any atom is 0.407 e. The summed E-state index contributed by atoms with van der Waals surface area (Å²) in [4.78, 5) is 41.5. The number of aliphatic hydroxyl groups is 1. The van der Waals surface area contributed by atoms with Crippen molar-refractivity contribution in [2.24, 2.45) is 7.05 Å². The second kappa shape index (κ2) is 15.5. The predicted molar refractivity (Wildman–Crippen MR) is 194 cm³/mol. The normalized spacial score (nSPS) is 14.8. The second-order valence-corrected chi connectivity index (χ2v) is 13.0. The Morgan fingerprint density at radius 2 is 1.78 bits per heavy atom. The lowest BCUT2D eigenvalue weighted by Crippen LogP contribution is -2.38. The summed E-state index contributed by atoms with van der Waals surface area (Å²) in [5.74, 6) is 0.759. The number of halogens is 2. The number of fused-ring (bicyclic) bond motifs is 1. The Balaban J connectivity index is 1.23. The van der Waals surface area contributed by atoms with Crippen molar-refractivity contribution in [2.75, 3.05) is 20.2 Å². The molecule has 3 aromatic heterocycles. The Hall–Kier alpha value is -4.95.